The number of methoxy groups -OCH3 is 1. The van der Waals surface area contributed by atoms with Crippen LogP contribution in [-0.4, -0.2) is 43.2 Å². The number of ether oxygens (including phenoxy) is 1. The van der Waals surface area contributed by atoms with E-state index >= 15 is 0 Å². The minimum atomic E-state index is -0.629. The van der Waals surface area contributed by atoms with Crippen LogP contribution >= 0.6 is 0 Å². The lowest BCUT2D eigenvalue weighted by atomic mass is 10.2. The van der Waals surface area contributed by atoms with Gasteiger partial charge in [0.15, 0.2) is 5.65 Å². The van der Waals surface area contributed by atoms with Gasteiger partial charge in [-0.05, 0) is 29.8 Å². The smallest absolute Gasteiger partial charge is 0.241 e. The van der Waals surface area contributed by atoms with Crippen molar-refractivity contribution in [1.29, 1.82) is 0 Å². The highest BCUT2D eigenvalue weighted by Crippen LogP contribution is 2.28. The average molecular weight is 421 g/mol. The number of benzene rings is 1. The molecule has 0 radical (unpaired) electrons. The first-order valence-corrected chi connectivity index (χ1v) is 9.43. The molecule has 31 heavy (non-hydrogen) atoms. The lowest BCUT2D eigenvalue weighted by Crippen LogP contribution is -2.06. The van der Waals surface area contributed by atoms with Crippen LogP contribution in [0, 0.1) is 11.6 Å². The van der Waals surface area contributed by atoms with Crippen LogP contribution in [0.5, 0.6) is 5.88 Å². The number of aromatic nitrogens is 6. The Hall–Kier alpha value is -4.08. The zero-order valence-electron chi connectivity index (χ0n) is 16.7. The van der Waals surface area contributed by atoms with Crippen molar-refractivity contribution in [3.63, 3.8) is 0 Å². The van der Waals surface area contributed by atoms with E-state index in [2.05, 4.69) is 25.3 Å². The van der Waals surface area contributed by atoms with E-state index in [-0.39, 0.29) is 6.54 Å². The normalized spacial score (nSPS) is 11.4. The highest BCUT2D eigenvalue weighted by molar-refractivity contribution is 5.84. The van der Waals surface area contributed by atoms with E-state index in [1.165, 1.54) is 18.5 Å². The number of nitrogens with zero attached hydrogens (tertiary/aromatic N) is 6. The topological polar surface area (TPSA) is 82.7 Å². The van der Waals surface area contributed by atoms with Crippen molar-refractivity contribution in [3.05, 3.63) is 66.3 Å². The van der Waals surface area contributed by atoms with Gasteiger partial charge in [-0.3, -0.25) is 0 Å². The van der Waals surface area contributed by atoms with Gasteiger partial charge in [0, 0.05) is 19.3 Å². The number of hydrogen-bond acceptors (Lipinski definition) is 6. The fourth-order valence-corrected chi connectivity index (χ4v) is 3.67. The highest BCUT2D eigenvalue weighted by Gasteiger charge is 2.16. The fraction of sp³-hybridized carbons (Fsp3) is 0.143. The van der Waals surface area contributed by atoms with Gasteiger partial charge < -0.3 is 19.2 Å². The molecule has 0 aliphatic carbocycles. The molecule has 1 aromatic carbocycles. The molecule has 0 amide bonds. The summed E-state index contributed by atoms with van der Waals surface area (Å²) in [5.74, 6) is -0.289. The number of anilines is 1. The first-order valence-electron chi connectivity index (χ1n) is 9.43. The lowest BCUT2D eigenvalue weighted by molar-refractivity contribution is 0.401. The maximum atomic E-state index is 13.7. The number of nitrogens with one attached hydrogen (secondary N) is 1. The molecule has 0 saturated heterocycles. The first kappa shape index (κ1) is 18.9. The van der Waals surface area contributed by atoms with Crippen molar-refractivity contribution in [2.75, 3.05) is 19.5 Å². The molecule has 0 fully saturated rings. The van der Waals surface area contributed by atoms with Gasteiger partial charge in [0.25, 0.3) is 0 Å². The maximum absolute atomic E-state index is 13.7. The van der Waals surface area contributed by atoms with Crippen molar-refractivity contribution < 1.29 is 13.5 Å². The molecule has 1 N–H and O–H groups in total. The third-order valence-electron chi connectivity index (χ3n) is 4.99. The van der Waals surface area contributed by atoms with Crippen molar-refractivity contribution in [2.24, 2.45) is 0 Å². The summed E-state index contributed by atoms with van der Waals surface area (Å²) in [5.41, 5.74) is 3.85. The van der Waals surface area contributed by atoms with E-state index in [0.29, 0.717) is 34.1 Å². The largest absolute Gasteiger partial charge is 0.479 e. The van der Waals surface area contributed by atoms with E-state index in [0.717, 1.165) is 17.3 Å². The van der Waals surface area contributed by atoms with Gasteiger partial charge in [0.2, 0.25) is 11.8 Å². The lowest BCUT2D eigenvalue weighted by Gasteiger charge is -2.11. The first-order chi connectivity index (χ1) is 15.1. The molecule has 0 atom stereocenters. The standard InChI is InChI=1S/C21H17F2N7O/c1-24-21-28-19-17(30(21)10-12-5-13(22)7-14(23)6-12)8-15(9-25-19)29-4-3-16-18(29)20(31-2)27-11-26-16/h3-9,11H,10H2,1-2H3,(H,24,25,28). The second-order valence-corrected chi connectivity index (χ2v) is 6.89. The molecule has 0 aliphatic rings. The minimum absolute atomic E-state index is 0.214. The zero-order valence-corrected chi connectivity index (χ0v) is 16.7. The fourth-order valence-electron chi connectivity index (χ4n) is 3.67. The Bertz CT molecular complexity index is 1410. The predicted octanol–water partition coefficient (Wildman–Crippen LogP) is 3.54. The third-order valence-corrected chi connectivity index (χ3v) is 4.99. The summed E-state index contributed by atoms with van der Waals surface area (Å²) in [5, 5.41) is 3.01. The predicted molar refractivity (Wildman–Crippen MR) is 112 cm³/mol. The molecule has 156 valence electrons. The second kappa shape index (κ2) is 7.31. The number of pyridine rings is 1. The molecule has 5 rings (SSSR count). The monoisotopic (exact) mass is 421 g/mol. The van der Waals surface area contributed by atoms with Crippen LogP contribution in [0.15, 0.2) is 49.1 Å². The summed E-state index contributed by atoms with van der Waals surface area (Å²) in [4.78, 5) is 17.4. The molecule has 4 heterocycles. The number of hydrogen-bond donors (Lipinski definition) is 1. The second-order valence-electron chi connectivity index (χ2n) is 6.89. The summed E-state index contributed by atoms with van der Waals surface area (Å²) in [6.07, 6.45) is 4.98. The average Bonchev–Trinajstić information content (AvgIpc) is 3.34. The molecule has 0 aliphatic heterocycles. The molecule has 5 aromatic rings. The van der Waals surface area contributed by atoms with E-state index < -0.39 is 11.6 Å². The Morgan fingerprint density at radius 1 is 1.06 bits per heavy atom. The molecule has 0 spiro atoms. The quantitative estimate of drug-likeness (QED) is 0.467. The SMILES string of the molecule is CNc1nc2ncc(-n3ccc4ncnc(OC)c43)cc2n1Cc1cc(F)cc(F)c1. The summed E-state index contributed by atoms with van der Waals surface area (Å²) in [6, 6.07) is 7.20. The van der Waals surface area contributed by atoms with Crippen LogP contribution in [0.25, 0.3) is 27.9 Å². The van der Waals surface area contributed by atoms with Crippen LogP contribution in [0.4, 0.5) is 14.7 Å². The number of rotatable bonds is 5. The Morgan fingerprint density at radius 2 is 1.87 bits per heavy atom. The molecule has 8 nitrogen and oxygen atoms in total. The van der Waals surface area contributed by atoms with E-state index in [1.807, 2.05) is 27.5 Å². The van der Waals surface area contributed by atoms with Gasteiger partial charge in [0.05, 0.1) is 36.6 Å². The summed E-state index contributed by atoms with van der Waals surface area (Å²) in [7, 11) is 3.28. The van der Waals surface area contributed by atoms with Gasteiger partial charge >= 0.3 is 0 Å². The van der Waals surface area contributed by atoms with Crippen LogP contribution in [-0.2, 0) is 6.54 Å². The molecular weight excluding hydrogens is 404 g/mol. The maximum Gasteiger partial charge on any atom is 0.241 e. The van der Waals surface area contributed by atoms with Crippen molar-refractivity contribution in [2.45, 2.75) is 6.54 Å². The zero-order chi connectivity index (χ0) is 21.5. The Balaban J connectivity index is 1.67. The van der Waals surface area contributed by atoms with Crippen LogP contribution in [0.3, 0.4) is 0 Å². The summed E-state index contributed by atoms with van der Waals surface area (Å²) >= 11 is 0. The number of halogens is 2. The Labute approximate surface area is 175 Å². The minimum Gasteiger partial charge on any atom is -0.479 e. The molecule has 10 heteroatoms. The van der Waals surface area contributed by atoms with Crippen molar-refractivity contribution in [1.82, 2.24) is 29.1 Å². The van der Waals surface area contributed by atoms with Gasteiger partial charge in [-0.2, -0.15) is 9.97 Å². The van der Waals surface area contributed by atoms with Crippen molar-refractivity contribution in [3.8, 4) is 11.6 Å². The molecular formula is C21H17F2N7O. The van der Waals surface area contributed by atoms with Gasteiger partial charge in [0.1, 0.15) is 23.5 Å². The van der Waals surface area contributed by atoms with E-state index in [4.69, 9.17) is 4.74 Å². The van der Waals surface area contributed by atoms with Gasteiger partial charge in [-0.25, -0.2) is 18.7 Å². The summed E-state index contributed by atoms with van der Waals surface area (Å²) < 4.78 is 36.5. The van der Waals surface area contributed by atoms with Gasteiger partial charge in [-0.1, -0.05) is 0 Å². The van der Waals surface area contributed by atoms with Crippen molar-refractivity contribution >= 4 is 28.1 Å². The van der Waals surface area contributed by atoms with Crippen LogP contribution < -0.4 is 10.1 Å². The molecule has 0 bridgehead atoms. The van der Waals surface area contributed by atoms with E-state index in [1.54, 1.807) is 20.4 Å². The Morgan fingerprint density at radius 3 is 2.61 bits per heavy atom. The third kappa shape index (κ3) is 3.21. The molecule has 0 saturated carbocycles. The van der Waals surface area contributed by atoms with Crippen LogP contribution in [0.2, 0.25) is 0 Å². The number of imidazole rings is 1. The van der Waals surface area contributed by atoms with Crippen LogP contribution in [0.1, 0.15) is 5.56 Å². The summed E-state index contributed by atoms with van der Waals surface area (Å²) in [6.45, 7) is 0.214. The highest BCUT2D eigenvalue weighted by atomic mass is 19.1. The molecule has 4 aromatic heterocycles. The molecule has 0 unspecified atom stereocenters. The Kier molecular flexibility index (Phi) is 4.46. The van der Waals surface area contributed by atoms with Gasteiger partial charge in [-0.15, -0.1) is 0 Å². The van der Waals surface area contributed by atoms with E-state index in [9.17, 15) is 8.78 Å². The number of fused-ring (bicyclic) bond motifs is 2.